The summed E-state index contributed by atoms with van der Waals surface area (Å²) in [6.07, 6.45) is 0.441. The lowest BCUT2D eigenvalue weighted by Crippen LogP contribution is -2.28. The van der Waals surface area contributed by atoms with Crippen LogP contribution in [-0.4, -0.2) is 27.1 Å². The lowest BCUT2D eigenvalue weighted by molar-refractivity contribution is -0.121. The lowest BCUT2D eigenvalue weighted by atomic mass is 10.1. The summed E-state index contributed by atoms with van der Waals surface area (Å²) >= 11 is 0. The Bertz CT molecular complexity index is 1630. The van der Waals surface area contributed by atoms with Crippen molar-refractivity contribution < 1.29 is 14.4 Å². The summed E-state index contributed by atoms with van der Waals surface area (Å²) in [6, 6.07) is 22.3. The maximum Gasteiger partial charge on any atom is 0.255 e. The first kappa shape index (κ1) is 20.1. The number of fused-ring (bicyclic) bond motifs is 5. The molecule has 0 spiro atoms. The van der Waals surface area contributed by atoms with E-state index in [4.69, 9.17) is 4.98 Å². The minimum atomic E-state index is -0.276. The molecule has 34 heavy (non-hydrogen) atoms. The standard InChI is InChI=1S/C27H20N4O3/c1-16-28-21-8-4-2-6-19(21)26-25(20-7-3-5-9-22(20)30(16)26)29-27(34)17-10-12-18(13-11-17)31-23(32)14-15-24(31)33/h2-13H,14-15H2,1H3,(H,29,34). The van der Waals surface area contributed by atoms with Crippen LogP contribution >= 0.6 is 0 Å². The number of carbonyl (C=O) groups excluding carboxylic acids is 3. The van der Waals surface area contributed by atoms with Crippen LogP contribution in [0.15, 0.2) is 72.8 Å². The van der Waals surface area contributed by atoms with Crippen molar-refractivity contribution in [3.63, 3.8) is 0 Å². The quantitative estimate of drug-likeness (QED) is 0.400. The second kappa shape index (κ2) is 7.52. The van der Waals surface area contributed by atoms with Crippen molar-refractivity contribution in [3.8, 4) is 0 Å². The van der Waals surface area contributed by atoms with E-state index in [1.165, 1.54) is 4.90 Å². The molecule has 1 aliphatic rings. The molecule has 2 aromatic heterocycles. The highest BCUT2D eigenvalue weighted by Gasteiger charge is 2.30. The van der Waals surface area contributed by atoms with Crippen LogP contribution in [0.1, 0.15) is 29.0 Å². The number of rotatable bonds is 3. The van der Waals surface area contributed by atoms with Gasteiger partial charge in [-0.25, -0.2) is 4.98 Å². The molecule has 0 saturated carbocycles. The van der Waals surface area contributed by atoms with Gasteiger partial charge in [0, 0.05) is 29.2 Å². The van der Waals surface area contributed by atoms with E-state index in [2.05, 4.69) is 9.72 Å². The lowest BCUT2D eigenvalue weighted by Gasteiger charge is -2.14. The molecular weight excluding hydrogens is 428 g/mol. The Labute approximate surface area is 194 Å². The van der Waals surface area contributed by atoms with Gasteiger partial charge in [0.15, 0.2) is 0 Å². The van der Waals surface area contributed by atoms with Gasteiger partial charge in [-0.05, 0) is 43.3 Å². The second-order valence-corrected chi connectivity index (χ2v) is 8.38. The molecule has 0 aliphatic carbocycles. The molecule has 5 aromatic rings. The van der Waals surface area contributed by atoms with E-state index in [0.29, 0.717) is 11.3 Å². The maximum absolute atomic E-state index is 13.3. The first-order valence-electron chi connectivity index (χ1n) is 11.1. The van der Waals surface area contributed by atoms with E-state index in [-0.39, 0.29) is 30.6 Å². The number of hydrogen-bond donors (Lipinski definition) is 1. The van der Waals surface area contributed by atoms with Gasteiger partial charge in [-0.2, -0.15) is 0 Å². The predicted molar refractivity (Wildman–Crippen MR) is 131 cm³/mol. The van der Waals surface area contributed by atoms with Gasteiger partial charge in [0.2, 0.25) is 11.8 Å². The van der Waals surface area contributed by atoms with Crippen LogP contribution in [0.5, 0.6) is 0 Å². The fraction of sp³-hybridized carbons (Fsp3) is 0.111. The monoisotopic (exact) mass is 448 g/mol. The molecule has 0 unspecified atom stereocenters. The van der Waals surface area contributed by atoms with Crippen LogP contribution < -0.4 is 10.2 Å². The summed E-state index contributed by atoms with van der Waals surface area (Å²) in [5.41, 5.74) is 4.34. The summed E-state index contributed by atoms with van der Waals surface area (Å²) in [7, 11) is 0. The van der Waals surface area contributed by atoms with Gasteiger partial charge in [0.25, 0.3) is 5.91 Å². The zero-order chi connectivity index (χ0) is 23.4. The van der Waals surface area contributed by atoms with E-state index >= 15 is 0 Å². The Morgan fingerprint density at radius 1 is 0.853 bits per heavy atom. The van der Waals surface area contributed by atoms with Crippen molar-refractivity contribution in [2.45, 2.75) is 19.8 Å². The summed E-state index contributed by atoms with van der Waals surface area (Å²) in [4.78, 5) is 43.3. The molecule has 1 fully saturated rings. The van der Waals surface area contributed by atoms with Crippen LogP contribution in [0.4, 0.5) is 11.4 Å². The molecular formula is C27H20N4O3. The topological polar surface area (TPSA) is 83.8 Å². The molecule has 0 bridgehead atoms. The van der Waals surface area contributed by atoms with Gasteiger partial charge >= 0.3 is 0 Å². The van der Waals surface area contributed by atoms with Crippen LogP contribution in [0.3, 0.4) is 0 Å². The maximum atomic E-state index is 13.3. The molecule has 3 aromatic carbocycles. The SMILES string of the molecule is Cc1nc2ccccc2c2c(NC(=O)c3ccc(N4C(=O)CCC4=O)cc3)c3ccccc3n12. The number of aromatic nitrogens is 2. The van der Waals surface area contributed by atoms with Crippen molar-refractivity contribution in [1.82, 2.24) is 9.38 Å². The molecule has 3 amide bonds. The number of imide groups is 1. The Balaban J connectivity index is 1.45. The largest absolute Gasteiger partial charge is 0.320 e. The number of amides is 3. The Kier molecular flexibility index (Phi) is 4.45. The molecule has 1 aliphatic heterocycles. The smallest absolute Gasteiger partial charge is 0.255 e. The molecule has 1 N–H and O–H groups in total. The van der Waals surface area contributed by atoms with Crippen molar-refractivity contribution in [2.24, 2.45) is 0 Å². The van der Waals surface area contributed by atoms with Crippen molar-refractivity contribution in [3.05, 3.63) is 84.2 Å². The zero-order valence-corrected chi connectivity index (χ0v) is 18.4. The van der Waals surface area contributed by atoms with Crippen LogP contribution in [0.2, 0.25) is 0 Å². The van der Waals surface area contributed by atoms with Crippen molar-refractivity contribution in [2.75, 3.05) is 10.2 Å². The number of aryl methyl sites for hydroxylation is 1. The first-order valence-corrected chi connectivity index (χ1v) is 11.1. The molecule has 1 saturated heterocycles. The van der Waals surface area contributed by atoms with Crippen molar-refractivity contribution >= 4 is 56.4 Å². The van der Waals surface area contributed by atoms with Crippen LogP contribution in [0, 0.1) is 6.92 Å². The highest BCUT2D eigenvalue weighted by atomic mass is 16.2. The third-order valence-corrected chi connectivity index (χ3v) is 6.32. The summed E-state index contributed by atoms with van der Waals surface area (Å²) < 4.78 is 2.07. The Morgan fingerprint density at radius 3 is 2.24 bits per heavy atom. The number of para-hydroxylation sites is 2. The highest BCUT2D eigenvalue weighted by Crippen LogP contribution is 2.36. The molecule has 7 nitrogen and oxygen atoms in total. The highest BCUT2D eigenvalue weighted by molar-refractivity contribution is 6.21. The Morgan fingerprint density at radius 2 is 1.50 bits per heavy atom. The predicted octanol–water partition coefficient (Wildman–Crippen LogP) is 4.85. The molecule has 6 rings (SSSR count). The van der Waals surface area contributed by atoms with E-state index in [9.17, 15) is 14.4 Å². The number of anilines is 2. The van der Waals surface area contributed by atoms with Gasteiger partial charge < -0.3 is 5.32 Å². The van der Waals surface area contributed by atoms with E-state index in [1.807, 2.05) is 55.5 Å². The normalized spacial score (nSPS) is 14.0. The fourth-order valence-corrected chi connectivity index (χ4v) is 4.77. The van der Waals surface area contributed by atoms with E-state index in [1.54, 1.807) is 24.3 Å². The van der Waals surface area contributed by atoms with Crippen molar-refractivity contribution in [1.29, 1.82) is 0 Å². The molecule has 166 valence electrons. The fourth-order valence-electron chi connectivity index (χ4n) is 4.77. The summed E-state index contributed by atoms with van der Waals surface area (Å²) in [5.74, 6) is 0.117. The number of benzene rings is 3. The average molecular weight is 448 g/mol. The number of carbonyl (C=O) groups is 3. The van der Waals surface area contributed by atoms with Gasteiger partial charge in [-0.3, -0.25) is 23.7 Å². The van der Waals surface area contributed by atoms with E-state index in [0.717, 1.165) is 38.8 Å². The summed E-state index contributed by atoms with van der Waals surface area (Å²) in [5, 5.41) is 4.98. The first-order chi connectivity index (χ1) is 16.5. The third-order valence-electron chi connectivity index (χ3n) is 6.32. The van der Waals surface area contributed by atoms with Gasteiger partial charge in [-0.15, -0.1) is 0 Å². The minimum Gasteiger partial charge on any atom is -0.320 e. The minimum absolute atomic E-state index is 0.218. The number of hydrogen-bond acceptors (Lipinski definition) is 4. The van der Waals surface area contributed by atoms with Gasteiger partial charge in [0.05, 0.1) is 27.9 Å². The van der Waals surface area contributed by atoms with Crippen LogP contribution in [0.25, 0.3) is 27.3 Å². The molecule has 7 heteroatoms. The molecule has 3 heterocycles. The number of nitrogens with zero attached hydrogens (tertiary/aromatic N) is 3. The van der Waals surface area contributed by atoms with Gasteiger partial charge in [-0.1, -0.05) is 36.4 Å². The molecule has 0 atom stereocenters. The van der Waals surface area contributed by atoms with E-state index < -0.39 is 0 Å². The average Bonchev–Trinajstić information content (AvgIpc) is 3.36. The van der Waals surface area contributed by atoms with Crippen LogP contribution in [-0.2, 0) is 9.59 Å². The van der Waals surface area contributed by atoms with Gasteiger partial charge in [0.1, 0.15) is 5.82 Å². The number of nitrogens with one attached hydrogen (secondary N) is 1. The molecule has 0 radical (unpaired) electrons. The third kappa shape index (κ3) is 2.97. The second-order valence-electron chi connectivity index (χ2n) is 8.38. The Hall–Kier alpha value is -4.52. The zero-order valence-electron chi connectivity index (χ0n) is 18.4. The summed E-state index contributed by atoms with van der Waals surface area (Å²) in [6.45, 7) is 1.96.